The third-order valence-electron chi connectivity index (χ3n) is 4.33. The SMILES string of the molecule is CCOCc1cc(CNC(C)c2cnn(CC)c2C)ccc1OC. The number of nitrogens with one attached hydrogen (secondary N) is 1. The van der Waals surface area contributed by atoms with E-state index in [1.54, 1.807) is 7.11 Å². The highest BCUT2D eigenvalue weighted by Gasteiger charge is 2.13. The molecule has 0 aliphatic heterocycles. The second-order valence-electron chi connectivity index (χ2n) is 5.89. The largest absolute Gasteiger partial charge is 0.496 e. The molecule has 0 fully saturated rings. The van der Waals surface area contributed by atoms with Crippen molar-refractivity contribution in [2.75, 3.05) is 13.7 Å². The van der Waals surface area contributed by atoms with E-state index in [2.05, 4.69) is 43.3 Å². The second kappa shape index (κ2) is 8.85. The Kier molecular flexibility index (Phi) is 6.82. The molecule has 1 unspecified atom stereocenters. The highest BCUT2D eigenvalue weighted by molar-refractivity contribution is 5.37. The van der Waals surface area contributed by atoms with Gasteiger partial charge in [-0.15, -0.1) is 0 Å². The maximum atomic E-state index is 5.53. The third-order valence-corrected chi connectivity index (χ3v) is 4.33. The van der Waals surface area contributed by atoms with Gasteiger partial charge in [0, 0.05) is 42.6 Å². The number of methoxy groups -OCH3 is 1. The van der Waals surface area contributed by atoms with E-state index in [1.165, 1.54) is 16.8 Å². The van der Waals surface area contributed by atoms with Crippen molar-refractivity contribution < 1.29 is 9.47 Å². The summed E-state index contributed by atoms with van der Waals surface area (Å²) in [6, 6.07) is 6.51. The minimum Gasteiger partial charge on any atom is -0.496 e. The van der Waals surface area contributed by atoms with E-state index in [9.17, 15) is 0 Å². The Balaban J connectivity index is 2.03. The molecule has 1 N–H and O–H groups in total. The summed E-state index contributed by atoms with van der Waals surface area (Å²) in [5, 5.41) is 8.00. The van der Waals surface area contributed by atoms with Crippen molar-refractivity contribution in [3.8, 4) is 5.75 Å². The molecular weight excluding hydrogens is 302 g/mol. The predicted molar refractivity (Wildman–Crippen MR) is 96.2 cm³/mol. The zero-order valence-corrected chi connectivity index (χ0v) is 15.4. The van der Waals surface area contributed by atoms with Gasteiger partial charge in [-0.05, 0) is 45.4 Å². The van der Waals surface area contributed by atoms with Gasteiger partial charge in [0.2, 0.25) is 0 Å². The van der Waals surface area contributed by atoms with E-state index < -0.39 is 0 Å². The number of ether oxygens (including phenoxy) is 2. The van der Waals surface area contributed by atoms with Gasteiger partial charge in [-0.1, -0.05) is 6.07 Å². The van der Waals surface area contributed by atoms with Crippen LogP contribution in [0.2, 0.25) is 0 Å². The van der Waals surface area contributed by atoms with Gasteiger partial charge >= 0.3 is 0 Å². The molecule has 2 aromatic rings. The average Bonchev–Trinajstić information content (AvgIpc) is 2.98. The number of nitrogens with zero attached hydrogens (tertiary/aromatic N) is 2. The summed E-state index contributed by atoms with van der Waals surface area (Å²) in [6.07, 6.45) is 1.96. The molecule has 5 nitrogen and oxygen atoms in total. The first-order chi connectivity index (χ1) is 11.6. The standard InChI is InChI=1S/C19H29N3O2/c1-6-22-15(4)18(12-21-22)14(3)20-11-16-8-9-19(23-5)17(10-16)13-24-7-2/h8-10,12,14,20H,6-7,11,13H2,1-5H3. The predicted octanol–water partition coefficient (Wildman–Crippen LogP) is 3.61. The van der Waals surface area contributed by atoms with Crippen LogP contribution in [0.25, 0.3) is 0 Å². The van der Waals surface area contributed by atoms with Gasteiger partial charge in [0.05, 0.1) is 19.9 Å². The molecule has 132 valence electrons. The maximum Gasteiger partial charge on any atom is 0.124 e. The van der Waals surface area contributed by atoms with Crippen molar-refractivity contribution in [2.45, 2.75) is 53.4 Å². The molecule has 1 aromatic carbocycles. The number of rotatable bonds is 9. The van der Waals surface area contributed by atoms with E-state index >= 15 is 0 Å². The molecule has 0 aliphatic rings. The Labute approximate surface area is 145 Å². The van der Waals surface area contributed by atoms with Gasteiger partial charge in [-0.3, -0.25) is 4.68 Å². The maximum absolute atomic E-state index is 5.53. The lowest BCUT2D eigenvalue weighted by molar-refractivity contribution is 0.132. The van der Waals surface area contributed by atoms with E-state index in [0.717, 1.165) is 24.4 Å². The summed E-state index contributed by atoms with van der Waals surface area (Å²) in [7, 11) is 1.69. The van der Waals surface area contributed by atoms with E-state index in [0.29, 0.717) is 13.2 Å². The molecule has 1 atom stereocenters. The Morgan fingerprint density at radius 3 is 2.71 bits per heavy atom. The summed E-state index contributed by atoms with van der Waals surface area (Å²) in [4.78, 5) is 0. The molecule has 1 heterocycles. The fraction of sp³-hybridized carbons (Fsp3) is 0.526. The van der Waals surface area contributed by atoms with Crippen LogP contribution in [0.3, 0.4) is 0 Å². The van der Waals surface area contributed by atoms with Crippen LogP contribution in [0.5, 0.6) is 5.75 Å². The summed E-state index contributed by atoms with van der Waals surface area (Å²) in [6.45, 7) is 11.4. The van der Waals surface area contributed by atoms with Crippen LogP contribution in [-0.2, 0) is 24.4 Å². The fourth-order valence-corrected chi connectivity index (χ4v) is 2.85. The van der Waals surface area contributed by atoms with Crippen LogP contribution >= 0.6 is 0 Å². The molecule has 0 saturated heterocycles. The zero-order chi connectivity index (χ0) is 17.5. The first-order valence-corrected chi connectivity index (χ1v) is 8.59. The average molecular weight is 331 g/mol. The van der Waals surface area contributed by atoms with Crippen molar-refractivity contribution >= 4 is 0 Å². The van der Waals surface area contributed by atoms with Crippen molar-refractivity contribution in [3.05, 3.63) is 46.8 Å². The molecule has 1 aromatic heterocycles. The number of aromatic nitrogens is 2. The van der Waals surface area contributed by atoms with Crippen LogP contribution in [0, 0.1) is 6.92 Å². The van der Waals surface area contributed by atoms with Gasteiger partial charge in [-0.25, -0.2) is 0 Å². The van der Waals surface area contributed by atoms with Gasteiger partial charge in [-0.2, -0.15) is 5.10 Å². The Morgan fingerprint density at radius 1 is 1.29 bits per heavy atom. The molecule has 2 rings (SSSR count). The Hall–Kier alpha value is -1.85. The number of benzene rings is 1. The molecule has 0 bridgehead atoms. The van der Waals surface area contributed by atoms with Gasteiger partial charge in [0.1, 0.15) is 5.75 Å². The first kappa shape index (κ1) is 18.5. The monoisotopic (exact) mass is 331 g/mol. The minimum absolute atomic E-state index is 0.253. The van der Waals surface area contributed by atoms with E-state index in [-0.39, 0.29) is 6.04 Å². The van der Waals surface area contributed by atoms with Crippen molar-refractivity contribution in [2.24, 2.45) is 0 Å². The smallest absolute Gasteiger partial charge is 0.124 e. The second-order valence-corrected chi connectivity index (χ2v) is 5.89. The summed E-state index contributed by atoms with van der Waals surface area (Å²) >= 11 is 0. The van der Waals surface area contributed by atoms with Gasteiger partial charge in [0.15, 0.2) is 0 Å². The minimum atomic E-state index is 0.253. The van der Waals surface area contributed by atoms with E-state index in [1.807, 2.05) is 23.9 Å². The quantitative estimate of drug-likeness (QED) is 0.762. The van der Waals surface area contributed by atoms with Crippen LogP contribution in [-0.4, -0.2) is 23.5 Å². The van der Waals surface area contributed by atoms with Gasteiger partial charge < -0.3 is 14.8 Å². The topological polar surface area (TPSA) is 48.3 Å². The normalized spacial score (nSPS) is 12.4. The lowest BCUT2D eigenvalue weighted by Crippen LogP contribution is -2.19. The van der Waals surface area contributed by atoms with Crippen molar-refractivity contribution in [1.29, 1.82) is 0 Å². The van der Waals surface area contributed by atoms with Crippen LogP contribution in [0.1, 0.15) is 49.2 Å². The number of aryl methyl sites for hydroxylation is 1. The summed E-state index contributed by atoms with van der Waals surface area (Å²) in [5.74, 6) is 0.875. The van der Waals surface area contributed by atoms with Crippen molar-refractivity contribution in [1.82, 2.24) is 15.1 Å². The highest BCUT2D eigenvalue weighted by atomic mass is 16.5. The third kappa shape index (κ3) is 4.36. The molecular formula is C19H29N3O2. The molecule has 5 heteroatoms. The molecule has 0 spiro atoms. The highest BCUT2D eigenvalue weighted by Crippen LogP contribution is 2.22. The molecule has 0 saturated carbocycles. The van der Waals surface area contributed by atoms with Gasteiger partial charge in [0.25, 0.3) is 0 Å². The summed E-state index contributed by atoms with van der Waals surface area (Å²) < 4.78 is 13.0. The van der Waals surface area contributed by atoms with Crippen LogP contribution in [0.4, 0.5) is 0 Å². The van der Waals surface area contributed by atoms with Crippen LogP contribution < -0.4 is 10.1 Å². The molecule has 0 radical (unpaired) electrons. The number of hydrogen-bond donors (Lipinski definition) is 1. The lowest BCUT2D eigenvalue weighted by atomic mass is 10.1. The Bertz CT molecular complexity index is 652. The molecule has 0 aliphatic carbocycles. The first-order valence-electron chi connectivity index (χ1n) is 8.59. The lowest BCUT2D eigenvalue weighted by Gasteiger charge is -2.15. The molecule has 24 heavy (non-hydrogen) atoms. The zero-order valence-electron chi connectivity index (χ0n) is 15.4. The van der Waals surface area contributed by atoms with Crippen molar-refractivity contribution in [3.63, 3.8) is 0 Å². The van der Waals surface area contributed by atoms with E-state index in [4.69, 9.17) is 9.47 Å². The fourth-order valence-electron chi connectivity index (χ4n) is 2.85. The number of hydrogen-bond acceptors (Lipinski definition) is 4. The molecule has 0 amide bonds. The Morgan fingerprint density at radius 2 is 2.08 bits per heavy atom. The van der Waals surface area contributed by atoms with Crippen LogP contribution in [0.15, 0.2) is 24.4 Å². The summed E-state index contributed by atoms with van der Waals surface area (Å²) in [5.41, 5.74) is 4.78.